The molecule has 4 nitrogen and oxygen atoms in total. The van der Waals surface area contributed by atoms with E-state index < -0.39 is 0 Å². The van der Waals surface area contributed by atoms with Gasteiger partial charge in [-0.05, 0) is 19.8 Å². The molecule has 2 rings (SSSR count). The molecule has 1 aromatic rings. The third-order valence-electron chi connectivity index (χ3n) is 2.19. The minimum atomic E-state index is 0.500. The average Bonchev–Trinajstić information content (AvgIpc) is 2.54. The van der Waals surface area contributed by atoms with Crippen LogP contribution in [0, 0.1) is 6.92 Å². The third kappa shape index (κ3) is 1.48. The highest BCUT2D eigenvalue weighted by Gasteiger charge is 2.15. The van der Waals surface area contributed by atoms with E-state index in [-0.39, 0.29) is 0 Å². The quantitative estimate of drug-likeness (QED) is 0.625. The van der Waals surface area contributed by atoms with Crippen LogP contribution in [-0.2, 0) is 4.74 Å². The Labute approximate surface area is 71.6 Å². The summed E-state index contributed by atoms with van der Waals surface area (Å²) in [5.41, 5.74) is 0. The largest absolute Gasteiger partial charge is 0.381 e. The number of hydrogen-bond acceptors (Lipinski definition) is 3. The van der Waals surface area contributed by atoms with Gasteiger partial charge in [0.25, 0.3) is 0 Å². The Hall–Kier alpha value is -0.900. The first-order chi connectivity index (χ1) is 5.86. The van der Waals surface area contributed by atoms with Crippen LogP contribution in [0.4, 0.5) is 0 Å². The molecule has 2 heterocycles. The second-order valence-electron chi connectivity index (χ2n) is 3.12. The maximum absolute atomic E-state index is 5.27. The summed E-state index contributed by atoms with van der Waals surface area (Å²) in [7, 11) is 0. The summed E-state index contributed by atoms with van der Waals surface area (Å²) in [6.07, 6.45) is 3.93. The molecule has 0 bridgehead atoms. The van der Waals surface area contributed by atoms with Crippen molar-refractivity contribution in [1.82, 2.24) is 14.8 Å². The van der Waals surface area contributed by atoms with Crippen molar-refractivity contribution in [3.05, 3.63) is 12.2 Å². The number of aromatic nitrogens is 3. The maximum atomic E-state index is 5.27. The molecule has 0 aromatic carbocycles. The Bertz CT molecular complexity index is 253. The third-order valence-corrected chi connectivity index (χ3v) is 2.19. The molecule has 1 saturated heterocycles. The topological polar surface area (TPSA) is 39.9 Å². The monoisotopic (exact) mass is 167 g/mol. The summed E-state index contributed by atoms with van der Waals surface area (Å²) >= 11 is 0. The minimum Gasteiger partial charge on any atom is -0.381 e. The molecular weight excluding hydrogens is 154 g/mol. The van der Waals surface area contributed by atoms with Crippen molar-refractivity contribution in [3.63, 3.8) is 0 Å². The van der Waals surface area contributed by atoms with Crippen molar-refractivity contribution >= 4 is 0 Å². The van der Waals surface area contributed by atoms with E-state index in [4.69, 9.17) is 4.74 Å². The van der Waals surface area contributed by atoms with Crippen molar-refractivity contribution < 1.29 is 4.74 Å². The van der Waals surface area contributed by atoms with Crippen molar-refractivity contribution in [2.75, 3.05) is 13.2 Å². The molecule has 0 aliphatic carbocycles. The van der Waals surface area contributed by atoms with E-state index in [2.05, 4.69) is 10.1 Å². The summed E-state index contributed by atoms with van der Waals surface area (Å²) in [4.78, 5) is 4.10. The van der Waals surface area contributed by atoms with Crippen LogP contribution in [0.3, 0.4) is 0 Å². The van der Waals surface area contributed by atoms with E-state index in [1.165, 1.54) is 0 Å². The zero-order valence-electron chi connectivity index (χ0n) is 7.23. The smallest absolute Gasteiger partial charge is 0.147 e. The van der Waals surface area contributed by atoms with Crippen LogP contribution in [0.15, 0.2) is 6.33 Å². The van der Waals surface area contributed by atoms with Crippen LogP contribution in [0.5, 0.6) is 0 Å². The summed E-state index contributed by atoms with van der Waals surface area (Å²) < 4.78 is 7.22. The first kappa shape index (κ1) is 7.73. The van der Waals surface area contributed by atoms with Crippen molar-refractivity contribution in [2.45, 2.75) is 25.8 Å². The van der Waals surface area contributed by atoms with Gasteiger partial charge in [0.05, 0.1) is 6.04 Å². The molecule has 0 radical (unpaired) electrons. The van der Waals surface area contributed by atoms with Crippen LogP contribution in [-0.4, -0.2) is 28.0 Å². The Kier molecular flexibility index (Phi) is 2.08. The van der Waals surface area contributed by atoms with Crippen LogP contribution in [0.1, 0.15) is 24.7 Å². The van der Waals surface area contributed by atoms with Crippen LogP contribution >= 0.6 is 0 Å². The number of hydrogen-bond donors (Lipinski definition) is 0. The van der Waals surface area contributed by atoms with Gasteiger partial charge in [0.1, 0.15) is 12.2 Å². The van der Waals surface area contributed by atoms with Crippen LogP contribution in [0.2, 0.25) is 0 Å². The summed E-state index contributed by atoms with van der Waals surface area (Å²) in [5.74, 6) is 0.849. The van der Waals surface area contributed by atoms with Gasteiger partial charge in [-0.25, -0.2) is 9.67 Å². The molecule has 1 aliphatic heterocycles. The number of ether oxygens (including phenoxy) is 1. The van der Waals surface area contributed by atoms with Gasteiger partial charge in [0, 0.05) is 13.2 Å². The van der Waals surface area contributed by atoms with E-state index in [1.54, 1.807) is 0 Å². The predicted octanol–water partition coefficient (Wildman–Crippen LogP) is 0.938. The lowest BCUT2D eigenvalue weighted by Crippen LogP contribution is -2.19. The van der Waals surface area contributed by atoms with Crippen LogP contribution in [0.25, 0.3) is 0 Å². The van der Waals surface area contributed by atoms with E-state index in [0.717, 1.165) is 31.9 Å². The number of nitrogens with zero attached hydrogens (tertiary/aromatic N) is 3. The molecule has 1 aromatic heterocycles. The van der Waals surface area contributed by atoms with E-state index in [1.807, 2.05) is 17.9 Å². The first-order valence-corrected chi connectivity index (χ1v) is 4.32. The Morgan fingerprint density at radius 1 is 1.50 bits per heavy atom. The molecule has 12 heavy (non-hydrogen) atoms. The maximum Gasteiger partial charge on any atom is 0.147 e. The standard InChI is InChI=1S/C8H13N3O/c1-7-9-6-11(10-7)8-2-4-12-5-3-8/h6,8H,2-5H2,1H3. The first-order valence-electron chi connectivity index (χ1n) is 4.32. The van der Waals surface area contributed by atoms with Crippen molar-refractivity contribution in [2.24, 2.45) is 0 Å². The van der Waals surface area contributed by atoms with Gasteiger partial charge in [-0.2, -0.15) is 5.10 Å². The zero-order valence-corrected chi connectivity index (χ0v) is 7.23. The van der Waals surface area contributed by atoms with Gasteiger partial charge >= 0.3 is 0 Å². The second kappa shape index (κ2) is 3.23. The van der Waals surface area contributed by atoms with Gasteiger partial charge in [-0.3, -0.25) is 0 Å². The fourth-order valence-electron chi connectivity index (χ4n) is 1.49. The second-order valence-corrected chi connectivity index (χ2v) is 3.12. The molecule has 0 amide bonds. The van der Waals surface area contributed by atoms with Gasteiger partial charge in [0.15, 0.2) is 0 Å². The molecule has 0 saturated carbocycles. The number of aryl methyl sites for hydroxylation is 1. The van der Waals surface area contributed by atoms with E-state index in [0.29, 0.717) is 6.04 Å². The van der Waals surface area contributed by atoms with E-state index in [9.17, 15) is 0 Å². The molecule has 0 N–H and O–H groups in total. The molecule has 0 unspecified atom stereocenters. The lowest BCUT2D eigenvalue weighted by molar-refractivity contribution is 0.0661. The van der Waals surface area contributed by atoms with E-state index >= 15 is 0 Å². The fraction of sp³-hybridized carbons (Fsp3) is 0.750. The zero-order chi connectivity index (χ0) is 8.39. The Balaban J connectivity index is 2.08. The summed E-state index contributed by atoms with van der Waals surface area (Å²) in [6.45, 7) is 3.61. The highest BCUT2D eigenvalue weighted by atomic mass is 16.5. The Morgan fingerprint density at radius 2 is 2.25 bits per heavy atom. The molecular formula is C8H13N3O. The van der Waals surface area contributed by atoms with Crippen LogP contribution < -0.4 is 0 Å². The molecule has 1 aliphatic rings. The SMILES string of the molecule is Cc1ncn(C2CCOCC2)n1. The number of rotatable bonds is 1. The molecule has 4 heteroatoms. The molecule has 0 spiro atoms. The molecule has 0 atom stereocenters. The summed E-state index contributed by atoms with van der Waals surface area (Å²) in [5, 5.41) is 4.28. The Morgan fingerprint density at radius 3 is 2.83 bits per heavy atom. The highest BCUT2D eigenvalue weighted by molar-refractivity contribution is 4.79. The predicted molar refractivity (Wildman–Crippen MR) is 43.8 cm³/mol. The molecule has 66 valence electrons. The van der Waals surface area contributed by atoms with Gasteiger partial charge in [-0.1, -0.05) is 0 Å². The normalized spacial score (nSPS) is 19.8. The lowest BCUT2D eigenvalue weighted by atomic mass is 10.1. The fourth-order valence-corrected chi connectivity index (χ4v) is 1.49. The minimum absolute atomic E-state index is 0.500. The average molecular weight is 167 g/mol. The van der Waals surface area contributed by atoms with Gasteiger partial charge < -0.3 is 4.74 Å². The summed E-state index contributed by atoms with van der Waals surface area (Å²) in [6, 6.07) is 0.500. The lowest BCUT2D eigenvalue weighted by Gasteiger charge is -2.21. The van der Waals surface area contributed by atoms with Gasteiger partial charge in [-0.15, -0.1) is 0 Å². The van der Waals surface area contributed by atoms with Gasteiger partial charge in [0.2, 0.25) is 0 Å². The van der Waals surface area contributed by atoms with Crippen molar-refractivity contribution in [3.8, 4) is 0 Å². The van der Waals surface area contributed by atoms with Crippen molar-refractivity contribution in [1.29, 1.82) is 0 Å². The molecule has 1 fully saturated rings. The highest BCUT2D eigenvalue weighted by Crippen LogP contribution is 2.18.